The van der Waals surface area contributed by atoms with E-state index in [1.54, 1.807) is 0 Å². The van der Waals surface area contributed by atoms with E-state index in [2.05, 4.69) is 13.0 Å². The Kier molecular flexibility index (Phi) is 11.1. The number of carbonyl (C=O) groups excluding carboxylic acids is 1. The molecule has 5 heteroatoms. The van der Waals surface area contributed by atoms with E-state index in [1.165, 1.54) is 0 Å². The second-order valence-corrected chi connectivity index (χ2v) is 7.23. The maximum Gasteiger partial charge on any atom is 0.332 e. The molecule has 1 saturated carbocycles. The van der Waals surface area contributed by atoms with Gasteiger partial charge in [0.2, 0.25) is 0 Å². The molecule has 26 heavy (non-hydrogen) atoms. The van der Waals surface area contributed by atoms with Crippen LogP contribution in [0.25, 0.3) is 0 Å². The first kappa shape index (κ1) is 22.6. The van der Waals surface area contributed by atoms with E-state index in [0.29, 0.717) is 37.9 Å². The Balaban J connectivity index is 2.33. The molecule has 5 nitrogen and oxygen atoms in total. The van der Waals surface area contributed by atoms with Gasteiger partial charge in [0, 0.05) is 12.3 Å². The first-order valence-electron chi connectivity index (χ1n) is 9.89. The fraction of sp³-hybridized carbons (Fsp3) is 0.714. The van der Waals surface area contributed by atoms with Gasteiger partial charge in [-0.1, -0.05) is 44.1 Å². The monoisotopic (exact) mass is 366 g/mol. The largest absolute Gasteiger partial charge is 0.479 e. The number of unbranched alkanes of at least 4 members (excludes halogenated alkanes) is 2. The van der Waals surface area contributed by atoms with Crippen molar-refractivity contribution in [3.63, 3.8) is 0 Å². The van der Waals surface area contributed by atoms with Crippen molar-refractivity contribution in [2.45, 2.75) is 83.3 Å². The molecule has 1 rings (SSSR count). The van der Waals surface area contributed by atoms with E-state index in [0.717, 1.165) is 25.7 Å². The molecule has 0 spiro atoms. The minimum atomic E-state index is -1.29. The third-order valence-corrected chi connectivity index (χ3v) is 5.03. The number of Topliss-reactive ketones (excluding diaryl/α,β-unsaturated/α-hetero) is 1. The lowest BCUT2D eigenvalue weighted by Crippen LogP contribution is -2.18. The van der Waals surface area contributed by atoms with Gasteiger partial charge in [0.15, 0.2) is 6.10 Å². The number of allylic oxidation sites excluding steroid dienone is 3. The number of ketones is 1. The quantitative estimate of drug-likeness (QED) is 0.342. The summed E-state index contributed by atoms with van der Waals surface area (Å²) < 4.78 is 0. The normalized spacial score (nSPS) is 23.1. The predicted octanol–water partition coefficient (Wildman–Crippen LogP) is 3.64. The zero-order valence-electron chi connectivity index (χ0n) is 15.8. The highest BCUT2D eigenvalue weighted by atomic mass is 16.4. The SMILES string of the molecule is CCCC[C@H](O)CC=C[C@H]1CCC(=O)[C@@H]1CC=CCCCC(O)C(=O)O. The Morgan fingerprint density at radius 3 is 2.65 bits per heavy atom. The third kappa shape index (κ3) is 8.77. The third-order valence-electron chi connectivity index (χ3n) is 5.03. The minimum Gasteiger partial charge on any atom is -0.479 e. The number of hydrogen-bond donors (Lipinski definition) is 3. The number of aliphatic carboxylic acids is 1. The highest BCUT2D eigenvalue weighted by Gasteiger charge is 2.31. The summed E-state index contributed by atoms with van der Waals surface area (Å²) in [4.78, 5) is 22.6. The van der Waals surface area contributed by atoms with Crippen LogP contribution >= 0.6 is 0 Å². The molecule has 1 unspecified atom stereocenters. The molecule has 0 heterocycles. The molecule has 148 valence electrons. The van der Waals surface area contributed by atoms with Crippen LogP contribution in [0.3, 0.4) is 0 Å². The lowest BCUT2D eigenvalue weighted by atomic mass is 9.91. The topological polar surface area (TPSA) is 94.8 Å². The number of carbonyl (C=O) groups is 2. The van der Waals surface area contributed by atoms with Crippen LogP contribution in [-0.2, 0) is 9.59 Å². The van der Waals surface area contributed by atoms with Crippen LogP contribution in [0.4, 0.5) is 0 Å². The maximum atomic E-state index is 12.1. The van der Waals surface area contributed by atoms with Gasteiger partial charge in [-0.05, 0) is 50.9 Å². The molecule has 1 aliphatic rings. The van der Waals surface area contributed by atoms with Crippen LogP contribution in [0, 0.1) is 11.8 Å². The van der Waals surface area contributed by atoms with E-state index in [4.69, 9.17) is 5.11 Å². The van der Waals surface area contributed by atoms with Gasteiger partial charge in [0.1, 0.15) is 5.78 Å². The smallest absolute Gasteiger partial charge is 0.332 e. The zero-order valence-corrected chi connectivity index (χ0v) is 15.8. The van der Waals surface area contributed by atoms with E-state index in [1.807, 2.05) is 18.2 Å². The Morgan fingerprint density at radius 2 is 1.96 bits per heavy atom. The summed E-state index contributed by atoms with van der Waals surface area (Å²) in [6.45, 7) is 2.11. The zero-order chi connectivity index (χ0) is 19.4. The van der Waals surface area contributed by atoms with E-state index < -0.39 is 12.1 Å². The van der Waals surface area contributed by atoms with Crippen LogP contribution in [0.2, 0.25) is 0 Å². The van der Waals surface area contributed by atoms with Crippen molar-refractivity contribution in [1.29, 1.82) is 0 Å². The summed E-state index contributed by atoms with van der Waals surface area (Å²) in [6, 6.07) is 0. The number of aliphatic hydroxyl groups is 2. The summed E-state index contributed by atoms with van der Waals surface area (Å²) in [5, 5.41) is 27.7. The fourth-order valence-electron chi connectivity index (χ4n) is 3.35. The molecular formula is C21H34O5. The average molecular weight is 366 g/mol. The van der Waals surface area contributed by atoms with Gasteiger partial charge in [-0.2, -0.15) is 0 Å². The van der Waals surface area contributed by atoms with Gasteiger partial charge in [-0.25, -0.2) is 4.79 Å². The van der Waals surface area contributed by atoms with Crippen LogP contribution in [0.5, 0.6) is 0 Å². The number of hydrogen-bond acceptors (Lipinski definition) is 4. The standard InChI is InChI=1S/C21H34O5/c1-2-3-10-17(22)11-8-9-16-14-15-19(23)18(16)12-6-4-5-7-13-20(24)21(25)26/h4,6,8-9,16-18,20,22,24H,2-3,5,7,10-15H2,1H3,(H,25,26)/t16-,17-,18+,20?/m0/s1. The predicted molar refractivity (Wildman–Crippen MR) is 102 cm³/mol. The maximum absolute atomic E-state index is 12.1. The lowest BCUT2D eigenvalue weighted by Gasteiger charge is -2.13. The second-order valence-electron chi connectivity index (χ2n) is 7.23. The lowest BCUT2D eigenvalue weighted by molar-refractivity contribution is -0.146. The van der Waals surface area contributed by atoms with Gasteiger partial charge in [0.25, 0.3) is 0 Å². The Hall–Kier alpha value is -1.46. The summed E-state index contributed by atoms with van der Waals surface area (Å²) in [7, 11) is 0. The van der Waals surface area contributed by atoms with E-state index >= 15 is 0 Å². The van der Waals surface area contributed by atoms with E-state index in [-0.39, 0.29) is 24.4 Å². The molecule has 0 aliphatic heterocycles. The molecule has 0 radical (unpaired) electrons. The Morgan fingerprint density at radius 1 is 1.19 bits per heavy atom. The first-order valence-corrected chi connectivity index (χ1v) is 9.89. The molecule has 0 bridgehead atoms. The molecule has 1 aliphatic carbocycles. The summed E-state index contributed by atoms with van der Waals surface area (Å²) >= 11 is 0. The van der Waals surface area contributed by atoms with Crippen LogP contribution in [0.15, 0.2) is 24.3 Å². The Labute approximate surface area is 156 Å². The molecule has 4 atom stereocenters. The van der Waals surface area contributed by atoms with Crippen LogP contribution in [0.1, 0.15) is 71.1 Å². The molecule has 0 aromatic rings. The molecule has 1 fully saturated rings. The summed E-state index contributed by atoms with van der Waals surface area (Å²) in [5.41, 5.74) is 0. The molecule has 0 aromatic carbocycles. The highest BCUT2D eigenvalue weighted by molar-refractivity contribution is 5.83. The van der Waals surface area contributed by atoms with Gasteiger partial charge in [-0.3, -0.25) is 4.79 Å². The van der Waals surface area contributed by atoms with Gasteiger partial charge >= 0.3 is 5.97 Å². The van der Waals surface area contributed by atoms with Crippen molar-refractivity contribution >= 4 is 11.8 Å². The van der Waals surface area contributed by atoms with Crippen molar-refractivity contribution in [2.24, 2.45) is 11.8 Å². The molecule has 0 aromatic heterocycles. The van der Waals surface area contributed by atoms with Crippen molar-refractivity contribution in [3.05, 3.63) is 24.3 Å². The molecule has 0 saturated heterocycles. The number of rotatable bonds is 13. The van der Waals surface area contributed by atoms with Gasteiger partial charge < -0.3 is 15.3 Å². The van der Waals surface area contributed by atoms with E-state index in [9.17, 15) is 19.8 Å². The van der Waals surface area contributed by atoms with Crippen molar-refractivity contribution in [1.82, 2.24) is 0 Å². The summed E-state index contributed by atoms with van der Waals surface area (Å²) in [5.74, 6) is -0.614. The molecule has 0 amide bonds. The van der Waals surface area contributed by atoms with Gasteiger partial charge in [-0.15, -0.1) is 0 Å². The minimum absolute atomic E-state index is 0.0138. The first-order chi connectivity index (χ1) is 12.5. The van der Waals surface area contributed by atoms with Crippen LogP contribution in [-0.4, -0.2) is 39.3 Å². The second kappa shape index (κ2) is 12.8. The number of carboxylic acids is 1. The van der Waals surface area contributed by atoms with Crippen molar-refractivity contribution in [2.75, 3.05) is 0 Å². The average Bonchev–Trinajstić information content (AvgIpc) is 2.95. The number of carboxylic acid groups (broad SMARTS) is 1. The van der Waals surface area contributed by atoms with Crippen LogP contribution < -0.4 is 0 Å². The highest BCUT2D eigenvalue weighted by Crippen LogP contribution is 2.33. The fourth-order valence-corrected chi connectivity index (χ4v) is 3.35. The number of aliphatic hydroxyl groups excluding tert-OH is 2. The summed E-state index contributed by atoms with van der Waals surface area (Å²) in [6.07, 6.45) is 13.9. The molecular weight excluding hydrogens is 332 g/mol. The van der Waals surface area contributed by atoms with Gasteiger partial charge in [0.05, 0.1) is 6.10 Å². The molecule has 3 N–H and O–H groups in total. The van der Waals surface area contributed by atoms with Crippen molar-refractivity contribution in [3.8, 4) is 0 Å². The Bertz CT molecular complexity index is 483. The van der Waals surface area contributed by atoms with Crippen molar-refractivity contribution < 1.29 is 24.9 Å².